The van der Waals surface area contributed by atoms with Gasteiger partial charge in [-0.25, -0.2) is 27.5 Å². The number of hydrogen-bond donors (Lipinski definition) is 2. The Hall–Kier alpha value is -6.23. The Kier molecular flexibility index (Phi) is 12.0. The largest absolute Gasteiger partial charge is 0.340 e. The number of likely N-dealkylation sites (N-methyl/N-ethyl adjacent to an activating group) is 2. The van der Waals surface area contributed by atoms with Gasteiger partial charge in [-0.05, 0) is 83.9 Å². The minimum atomic E-state index is -1.39. The first-order valence-corrected chi connectivity index (χ1v) is 19.9. The number of nitrogens with zero attached hydrogens (tertiary/aromatic N) is 4. The Morgan fingerprint density at radius 2 is 1.00 bits per heavy atom. The fourth-order valence-electron chi connectivity index (χ4n) is 6.52. The van der Waals surface area contributed by atoms with E-state index in [1.165, 1.54) is 64.8 Å². The summed E-state index contributed by atoms with van der Waals surface area (Å²) in [5, 5.41) is 4.88. The molecule has 0 spiro atoms. The van der Waals surface area contributed by atoms with Gasteiger partial charge in [0.05, 0.1) is 47.6 Å². The van der Waals surface area contributed by atoms with Crippen molar-refractivity contribution in [2.75, 3.05) is 23.9 Å². The van der Waals surface area contributed by atoms with Crippen molar-refractivity contribution >= 4 is 89.7 Å². The van der Waals surface area contributed by atoms with Gasteiger partial charge in [0.2, 0.25) is 11.8 Å². The van der Waals surface area contributed by atoms with E-state index >= 15 is 0 Å². The van der Waals surface area contributed by atoms with Gasteiger partial charge >= 0.3 is 0 Å². The first-order chi connectivity index (χ1) is 28.2. The van der Waals surface area contributed by atoms with Gasteiger partial charge in [0.25, 0.3) is 11.8 Å². The molecular weight excluding hydrogens is 828 g/mol. The molecule has 10 nitrogen and oxygen atoms in total. The van der Waals surface area contributed by atoms with Crippen molar-refractivity contribution < 1.29 is 36.7 Å². The second-order valence-corrected chi connectivity index (χ2v) is 15.6. The molecule has 0 saturated heterocycles. The average molecular weight is 859 g/mol. The third-order valence-corrected chi connectivity index (χ3v) is 11.5. The maximum Gasteiger partial charge on any atom is 0.253 e. The third-order valence-electron chi connectivity index (χ3n) is 9.48. The molecule has 2 aromatic heterocycles. The normalized spacial score (nSPS) is 12.3. The number of rotatable bonds is 12. The molecule has 4 amide bonds. The van der Waals surface area contributed by atoms with E-state index in [1.807, 2.05) is 0 Å². The number of fused-ring (bicyclic) bond motifs is 2. The van der Waals surface area contributed by atoms with Gasteiger partial charge in [0, 0.05) is 50.4 Å². The van der Waals surface area contributed by atoms with Crippen molar-refractivity contribution in [2.45, 2.75) is 24.9 Å². The number of carbonyl (C=O) groups excluding carboxylic acids is 4. The van der Waals surface area contributed by atoms with Gasteiger partial charge in [-0.1, -0.05) is 17.7 Å². The zero-order valence-corrected chi connectivity index (χ0v) is 33.4. The summed E-state index contributed by atoms with van der Waals surface area (Å²) in [7, 11) is 2.95. The lowest BCUT2D eigenvalue weighted by Crippen LogP contribution is -2.49. The molecule has 7 rings (SSSR count). The third kappa shape index (κ3) is 9.25. The topological polar surface area (TPSA) is 125 Å². The maximum absolute atomic E-state index is 14.3. The van der Waals surface area contributed by atoms with E-state index in [1.54, 1.807) is 47.4 Å². The lowest BCUT2D eigenvalue weighted by molar-refractivity contribution is -0.120. The van der Waals surface area contributed by atoms with Crippen LogP contribution in [0.15, 0.2) is 102 Å². The van der Waals surface area contributed by atoms with E-state index in [0.29, 0.717) is 34.5 Å². The zero-order valence-electron chi connectivity index (χ0n) is 31.0. The van der Waals surface area contributed by atoms with Gasteiger partial charge in [-0.15, -0.1) is 22.7 Å². The van der Waals surface area contributed by atoms with E-state index in [0.717, 1.165) is 33.7 Å². The average Bonchev–Trinajstić information content (AvgIpc) is 3.88. The number of carbonyl (C=O) groups is 4. The summed E-state index contributed by atoms with van der Waals surface area (Å²) in [6.45, 7) is 0. The number of aromatic nitrogens is 2. The van der Waals surface area contributed by atoms with Crippen LogP contribution in [0.5, 0.6) is 0 Å². The molecule has 300 valence electrons. The van der Waals surface area contributed by atoms with Crippen molar-refractivity contribution in [2.24, 2.45) is 0 Å². The summed E-state index contributed by atoms with van der Waals surface area (Å²) in [6.07, 6.45) is -0.651. The number of thiazole rings is 2. The van der Waals surface area contributed by atoms with Crippen LogP contribution < -0.4 is 20.4 Å². The van der Waals surface area contributed by atoms with Gasteiger partial charge < -0.3 is 20.4 Å². The molecule has 0 fully saturated rings. The Bertz CT molecular complexity index is 2540. The van der Waals surface area contributed by atoms with Crippen LogP contribution in [0.1, 0.15) is 31.8 Å². The molecule has 2 atom stereocenters. The van der Waals surface area contributed by atoms with E-state index < -0.39 is 59.0 Å². The molecule has 59 heavy (non-hydrogen) atoms. The summed E-state index contributed by atoms with van der Waals surface area (Å²) in [4.78, 5) is 67.1. The minimum Gasteiger partial charge on any atom is -0.340 e. The van der Waals surface area contributed by atoms with Crippen molar-refractivity contribution in [1.29, 1.82) is 0 Å². The highest BCUT2D eigenvalue weighted by molar-refractivity contribution is 7.17. The van der Waals surface area contributed by atoms with Crippen LogP contribution in [-0.4, -0.2) is 59.8 Å². The molecule has 2 N–H and O–H groups in total. The molecule has 0 aliphatic heterocycles. The van der Waals surface area contributed by atoms with Crippen LogP contribution in [-0.2, 0) is 22.4 Å². The van der Waals surface area contributed by atoms with Crippen molar-refractivity contribution in [3.05, 3.63) is 153 Å². The fourth-order valence-corrected chi connectivity index (χ4v) is 8.13. The molecule has 2 heterocycles. The number of halogens is 5. The molecule has 0 saturated carbocycles. The predicted octanol–water partition coefficient (Wildman–Crippen LogP) is 8.12. The molecule has 7 aromatic rings. The van der Waals surface area contributed by atoms with E-state index in [9.17, 15) is 36.7 Å². The summed E-state index contributed by atoms with van der Waals surface area (Å²) < 4.78 is 58.8. The second-order valence-electron chi connectivity index (χ2n) is 13.5. The van der Waals surface area contributed by atoms with Crippen LogP contribution >= 0.6 is 34.3 Å². The quantitative estimate of drug-likeness (QED) is 0.120. The molecule has 0 bridgehead atoms. The van der Waals surface area contributed by atoms with Gasteiger partial charge in [0.15, 0.2) is 0 Å². The monoisotopic (exact) mass is 858 g/mol. The van der Waals surface area contributed by atoms with Crippen LogP contribution in [0.25, 0.3) is 20.4 Å². The molecule has 0 radical (unpaired) electrons. The summed E-state index contributed by atoms with van der Waals surface area (Å²) in [5.74, 6) is -6.61. The lowest BCUT2D eigenvalue weighted by atomic mass is 10.0. The Balaban J connectivity index is 1.16. The first kappa shape index (κ1) is 40.9. The second kappa shape index (κ2) is 17.3. The summed E-state index contributed by atoms with van der Waals surface area (Å²) >= 11 is 9.54. The van der Waals surface area contributed by atoms with Crippen LogP contribution in [0.4, 0.5) is 28.9 Å². The highest BCUT2D eigenvalue weighted by Crippen LogP contribution is 2.27. The minimum absolute atomic E-state index is 0.0779. The highest BCUT2D eigenvalue weighted by Gasteiger charge is 2.30. The van der Waals surface area contributed by atoms with Crippen molar-refractivity contribution in [3.8, 4) is 0 Å². The molecule has 0 aliphatic carbocycles. The fraction of sp³-hybridized carbons (Fsp3) is 0.143. The van der Waals surface area contributed by atoms with Crippen LogP contribution in [0, 0.1) is 23.3 Å². The Morgan fingerprint density at radius 3 is 1.39 bits per heavy atom. The molecule has 17 heteroatoms. The van der Waals surface area contributed by atoms with Crippen molar-refractivity contribution in [3.63, 3.8) is 0 Å². The number of nitrogens with one attached hydrogen (secondary N) is 2. The number of anilines is 2. The number of amides is 4. The predicted molar refractivity (Wildman–Crippen MR) is 220 cm³/mol. The van der Waals surface area contributed by atoms with Crippen LogP contribution in [0.3, 0.4) is 0 Å². The van der Waals surface area contributed by atoms with E-state index in [4.69, 9.17) is 11.6 Å². The molecular formula is C42H31ClF4N6O4S2. The smallest absolute Gasteiger partial charge is 0.253 e. The molecule has 0 aliphatic rings. The van der Waals surface area contributed by atoms with E-state index in [2.05, 4.69) is 20.6 Å². The zero-order chi connectivity index (χ0) is 42.0. The summed E-state index contributed by atoms with van der Waals surface area (Å²) in [5.41, 5.74) is 5.14. The molecule has 5 aromatic carbocycles. The standard InChI is InChI=1S/C42H31ClF4N6O4S2/c1-52(28-6-8-36-32(18-28)48-20-58-36)41(56)34(14-22-10-24(44)16-25(45)11-22)50-39(54)30-4-3-5-31(38(30)43)40(55)51-35(15-23-12-26(46)17-27(47)13-23)42(57)53(2)29-7-9-37-33(19-29)49-21-59-37/h3-13,16-21,34-35H,14-15H2,1-2H3,(H,50,54)(H,51,55)/t34-,35?/m0/s1. The van der Waals surface area contributed by atoms with Gasteiger partial charge in [-0.2, -0.15) is 0 Å². The Morgan fingerprint density at radius 1 is 0.610 bits per heavy atom. The first-order valence-electron chi connectivity index (χ1n) is 17.8. The van der Waals surface area contributed by atoms with Crippen molar-refractivity contribution in [1.82, 2.24) is 20.6 Å². The Labute approximate surface area is 347 Å². The maximum atomic E-state index is 14.3. The van der Waals surface area contributed by atoms with E-state index in [-0.39, 0.29) is 40.1 Å². The number of benzene rings is 5. The molecule has 1 unspecified atom stereocenters. The highest BCUT2D eigenvalue weighted by atomic mass is 35.5. The number of hydrogen-bond acceptors (Lipinski definition) is 8. The van der Waals surface area contributed by atoms with Gasteiger partial charge in [0.1, 0.15) is 35.4 Å². The lowest BCUT2D eigenvalue weighted by Gasteiger charge is -2.26. The van der Waals surface area contributed by atoms with Gasteiger partial charge in [-0.3, -0.25) is 19.2 Å². The van der Waals surface area contributed by atoms with Crippen LogP contribution in [0.2, 0.25) is 5.02 Å². The summed E-state index contributed by atoms with van der Waals surface area (Å²) in [6, 6.07) is 17.0. The SMILES string of the molecule is CN(C(=O)C(Cc1cc(F)cc(F)c1)NC(=O)c1cccc(C(=O)N[C@@H](Cc2cc(F)cc(F)c2)C(=O)N(C)c2ccc3scnc3c2)c1Cl)c1ccc2scnc2c1.